The normalized spacial score (nSPS) is 14.1. The number of nitriles is 1. The van der Waals surface area contributed by atoms with Gasteiger partial charge in [0.05, 0.1) is 18.8 Å². The van der Waals surface area contributed by atoms with Crippen LogP contribution in [0.3, 0.4) is 0 Å². The molecule has 0 bridgehead atoms. The average molecular weight is 577 g/mol. The van der Waals surface area contributed by atoms with Gasteiger partial charge in [-0.05, 0) is 55.0 Å². The number of nitrogens with two attached hydrogens (primary N) is 1. The molecule has 0 fully saturated rings. The van der Waals surface area contributed by atoms with E-state index < -0.39 is 11.9 Å². The first-order valence-corrected chi connectivity index (χ1v) is 12.9. The standard InChI is InChI=1S/C30H22Cl2N2O6/c1-2-36-27-12-17(6-10-24(27)38-16-18-5-7-19(31)13-23(18)32)28-21-9-8-20(39-30(35)25-4-3-11-37-25)14-26(21)40-29(34)22(28)15-33/h3-14,28H,2,16,34H2,1H3. The lowest BCUT2D eigenvalue weighted by Gasteiger charge is -2.27. The Morgan fingerprint density at radius 1 is 1.05 bits per heavy atom. The number of esters is 1. The molecule has 1 aliphatic heterocycles. The second-order valence-electron chi connectivity index (χ2n) is 8.65. The highest BCUT2D eigenvalue weighted by atomic mass is 35.5. The smallest absolute Gasteiger partial charge is 0.379 e. The lowest BCUT2D eigenvalue weighted by molar-refractivity contribution is 0.0701. The number of allylic oxidation sites excluding steroid dienone is 1. The molecule has 0 saturated carbocycles. The molecule has 40 heavy (non-hydrogen) atoms. The molecule has 1 aromatic heterocycles. The summed E-state index contributed by atoms with van der Waals surface area (Å²) in [5.74, 6) is 0.348. The predicted molar refractivity (Wildman–Crippen MR) is 148 cm³/mol. The molecule has 202 valence electrons. The van der Waals surface area contributed by atoms with Gasteiger partial charge in [0.2, 0.25) is 11.6 Å². The highest BCUT2D eigenvalue weighted by Gasteiger charge is 2.32. The van der Waals surface area contributed by atoms with E-state index in [1.165, 1.54) is 12.3 Å². The van der Waals surface area contributed by atoms with E-state index in [2.05, 4.69) is 6.07 Å². The average Bonchev–Trinajstić information content (AvgIpc) is 3.48. The van der Waals surface area contributed by atoms with Crippen LogP contribution >= 0.6 is 23.2 Å². The molecule has 4 aromatic rings. The predicted octanol–water partition coefficient (Wildman–Crippen LogP) is 7.00. The van der Waals surface area contributed by atoms with E-state index in [0.717, 1.165) is 11.1 Å². The molecule has 8 nitrogen and oxygen atoms in total. The van der Waals surface area contributed by atoms with Crippen LogP contribution in [-0.2, 0) is 6.61 Å². The molecule has 0 spiro atoms. The van der Waals surface area contributed by atoms with Gasteiger partial charge < -0.3 is 29.1 Å². The highest BCUT2D eigenvalue weighted by molar-refractivity contribution is 6.35. The van der Waals surface area contributed by atoms with Crippen LogP contribution < -0.4 is 24.7 Å². The third kappa shape index (κ3) is 5.57. The van der Waals surface area contributed by atoms with Gasteiger partial charge in [-0.1, -0.05) is 41.4 Å². The quantitative estimate of drug-likeness (QED) is 0.176. The number of fused-ring (bicyclic) bond motifs is 1. The zero-order valence-electron chi connectivity index (χ0n) is 21.1. The first kappa shape index (κ1) is 27.0. The van der Waals surface area contributed by atoms with Crippen molar-refractivity contribution >= 4 is 29.2 Å². The van der Waals surface area contributed by atoms with Gasteiger partial charge in [0.15, 0.2) is 11.5 Å². The molecule has 1 atom stereocenters. The lowest BCUT2D eigenvalue weighted by atomic mass is 9.83. The van der Waals surface area contributed by atoms with Crippen LogP contribution in [-0.4, -0.2) is 12.6 Å². The molecule has 2 N–H and O–H groups in total. The van der Waals surface area contributed by atoms with Crippen molar-refractivity contribution in [3.05, 3.63) is 117 Å². The molecule has 10 heteroatoms. The molecule has 0 radical (unpaired) electrons. The van der Waals surface area contributed by atoms with Gasteiger partial charge in [0.1, 0.15) is 29.7 Å². The summed E-state index contributed by atoms with van der Waals surface area (Å²) in [4.78, 5) is 12.3. The van der Waals surface area contributed by atoms with Gasteiger partial charge >= 0.3 is 5.97 Å². The number of carbonyl (C=O) groups is 1. The first-order chi connectivity index (χ1) is 19.4. The number of carbonyl (C=O) groups excluding carboxylic acids is 1. The third-order valence-corrected chi connectivity index (χ3v) is 6.71. The number of ether oxygens (including phenoxy) is 4. The van der Waals surface area contributed by atoms with E-state index in [1.54, 1.807) is 54.6 Å². The highest BCUT2D eigenvalue weighted by Crippen LogP contribution is 2.45. The summed E-state index contributed by atoms with van der Waals surface area (Å²) in [5.41, 5.74) is 8.54. The molecular formula is C30H22Cl2N2O6. The maximum absolute atomic E-state index is 12.3. The lowest BCUT2D eigenvalue weighted by Crippen LogP contribution is -2.21. The maximum Gasteiger partial charge on any atom is 0.379 e. The van der Waals surface area contributed by atoms with Crippen molar-refractivity contribution < 1.29 is 28.2 Å². The summed E-state index contributed by atoms with van der Waals surface area (Å²) < 4.78 is 28.2. The Morgan fingerprint density at radius 2 is 1.90 bits per heavy atom. The Morgan fingerprint density at radius 3 is 2.62 bits per heavy atom. The fourth-order valence-electron chi connectivity index (χ4n) is 4.28. The van der Waals surface area contributed by atoms with Crippen molar-refractivity contribution in [2.75, 3.05) is 6.61 Å². The van der Waals surface area contributed by atoms with E-state index in [4.69, 9.17) is 52.3 Å². The second-order valence-corrected chi connectivity index (χ2v) is 9.50. The van der Waals surface area contributed by atoms with E-state index in [9.17, 15) is 10.1 Å². The van der Waals surface area contributed by atoms with Crippen molar-refractivity contribution in [1.29, 1.82) is 5.26 Å². The molecule has 0 amide bonds. The van der Waals surface area contributed by atoms with Crippen LogP contribution in [0.2, 0.25) is 10.0 Å². The van der Waals surface area contributed by atoms with Crippen molar-refractivity contribution in [3.8, 4) is 29.1 Å². The third-order valence-electron chi connectivity index (χ3n) is 6.12. The number of rotatable bonds is 8. The van der Waals surface area contributed by atoms with Gasteiger partial charge in [-0.25, -0.2) is 4.79 Å². The molecular weight excluding hydrogens is 555 g/mol. The van der Waals surface area contributed by atoms with Crippen LogP contribution in [0.25, 0.3) is 0 Å². The zero-order chi connectivity index (χ0) is 28.2. The summed E-state index contributed by atoms with van der Waals surface area (Å²) in [6.07, 6.45) is 1.38. The summed E-state index contributed by atoms with van der Waals surface area (Å²) >= 11 is 12.3. The van der Waals surface area contributed by atoms with E-state index >= 15 is 0 Å². The van der Waals surface area contributed by atoms with Crippen molar-refractivity contribution in [2.45, 2.75) is 19.4 Å². The number of hydrogen-bond donors (Lipinski definition) is 1. The Kier molecular flexibility index (Phi) is 7.87. The fourth-order valence-corrected chi connectivity index (χ4v) is 4.74. The number of benzene rings is 3. The number of hydrogen-bond acceptors (Lipinski definition) is 8. The summed E-state index contributed by atoms with van der Waals surface area (Å²) in [6.45, 7) is 2.45. The topological polar surface area (TPSA) is 117 Å². The van der Waals surface area contributed by atoms with Crippen molar-refractivity contribution in [2.24, 2.45) is 5.73 Å². The summed E-state index contributed by atoms with van der Waals surface area (Å²) in [7, 11) is 0. The summed E-state index contributed by atoms with van der Waals surface area (Å²) in [6, 6.07) is 20.7. The van der Waals surface area contributed by atoms with Crippen LogP contribution in [0.15, 0.2) is 88.9 Å². The first-order valence-electron chi connectivity index (χ1n) is 12.2. The largest absolute Gasteiger partial charge is 0.490 e. The van der Waals surface area contributed by atoms with Gasteiger partial charge in [-0.15, -0.1) is 0 Å². The number of halogens is 2. The van der Waals surface area contributed by atoms with E-state index in [0.29, 0.717) is 39.5 Å². The summed E-state index contributed by atoms with van der Waals surface area (Å²) in [5, 5.41) is 11.0. The Bertz CT molecular complexity index is 1640. The Hall–Kier alpha value is -4.58. The van der Waals surface area contributed by atoms with Crippen LogP contribution in [0, 0.1) is 11.3 Å². The molecule has 1 unspecified atom stereocenters. The molecule has 5 rings (SSSR count). The molecule has 3 aromatic carbocycles. The van der Waals surface area contributed by atoms with E-state index in [1.807, 2.05) is 13.0 Å². The van der Waals surface area contributed by atoms with Gasteiger partial charge in [0, 0.05) is 27.2 Å². The molecule has 0 saturated heterocycles. The minimum atomic E-state index is -0.657. The Labute approximate surface area is 240 Å². The van der Waals surface area contributed by atoms with Crippen LogP contribution in [0.4, 0.5) is 0 Å². The van der Waals surface area contributed by atoms with Crippen LogP contribution in [0.1, 0.15) is 40.1 Å². The number of nitrogens with zero attached hydrogens (tertiary/aromatic N) is 1. The fraction of sp³-hybridized carbons (Fsp3) is 0.133. The van der Waals surface area contributed by atoms with Crippen molar-refractivity contribution in [1.82, 2.24) is 0 Å². The minimum absolute atomic E-state index is 0.0508. The van der Waals surface area contributed by atoms with Crippen LogP contribution in [0.5, 0.6) is 23.0 Å². The van der Waals surface area contributed by atoms with Gasteiger partial charge in [0.25, 0.3) is 0 Å². The second kappa shape index (κ2) is 11.7. The van der Waals surface area contributed by atoms with Gasteiger partial charge in [-0.3, -0.25) is 0 Å². The molecule has 2 heterocycles. The SMILES string of the molecule is CCOc1cc(C2C(C#N)=C(N)Oc3cc(OC(=O)c4ccco4)ccc32)ccc1OCc1ccc(Cl)cc1Cl. The maximum atomic E-state index is 12.3. The zero-order valence-corrected chi connectivity index (χ0v) is 22.7. The molecule has 1 aliphatic rings. The molecule has 0 aliphatic carbocycles. The van der Waals surface area contributed by atoms with Crippen molar-refractivity contribution in [3.63, 3.8) is 0 Å². The number of furan rings is 1. The minimum Gasteiger partial charge on any atom is -0.490 e. The van der Waals surface area contributed by atoms with E-state index in [-0.39, 0.29) is 29.6 Å². The monoisotopic (exact) mass is 576 g/mol. The van der Waals surface area contributed by atoms with Gasteiger partial charge in [-0.2, -0.15) is 5.26 Å². The Balaban J connectivity index is 1.46.